The van der Waals surface area contributed by atoms with Crippen LogP contribution in [0.1, 0.15) is 16.5 Å². The third kappa shape index (κ3) is 3.16. The minimum absolute atomic E-state index is 0.213. The number of hydrogen-bond acceptors (Lipinski definition) is 3. The summed E-state index contributed by atoms with van der Waals surface area (Å²) >= 11 is 7.15. The Kier molecular flexibility index (Phi) is 3.94. The number of benzene rings is 1. The molecule has 17 heavy (non-hydrogen) atoms. The summed E-state index contributed by atoms with van der Waals surface area (Å²) in [5, 5.41) is 9.88. The Morgan fingerprint density at radius 2 is 1.94 bits per heavy atom. The maximum absolute atomic E-state index is 11.8. The van der Waals surface area contributed by atoms with Crippen molar-refractivity contribution in [2.24, 2.45) is 0 Å². The number of aliphatic hydroxyl groups is 1. The van der Waals surface area contributed by atoms with E-state index < -0.39 is 6.10 Å². The number of thiophene rings is 1. The molecule has 0 radical (unpaired) electrons. The Morgan fingerprint density at radius 1 is 1.24 bits per heavy atom. The van der Waals surface area contributed by atoms with Crippen molar-refractivity contribution >= 4 is 28.7 Å². The molecule has 1 atom stereocenters. The molecule has 0 aliphatic carbocycles. The molecule has 1 heterocycles. The van der Waals surface area contributed by atoms with Gasteiger partial charge in [0, 0.05) is 11.3 Å². The molecular formula is C13H11ClO2S. The van der Waals surface area contributed by atoms with Crippen LogP contribution in [-0.2, 0) is 11.2 Å². The Bertz CT molecular complexity index is 507. The van der Waals surface area contributed by atoms with E-state index in [0.717, 1.165) is 4.88 Å². The topological polar surface area (TPSA) is 37.3 Å². The fourth-order valence-electron chi connectivity index (χ4n) is 1.54. The van der Waals surface area contributed by atoms with Crippen molar-refractivity contribution < 1.29 is 9.90 Å². The van der Waals surface area contributed by atoms with Gasteiger partial charge in [-0.05, 0) is 17.7 Å². The zero-order chi connectivity index (χ0) is 12.3. The second-order valence-corrected chi connectivity index (χ2v) is 5.46. The summed E-state index contributed by atoms with van der Waals surface area (Å²) in [6, 6.07) is 12.5. The maximum atomic E-state index is 11.8. The summed E-state index contributed by atoms with van der Waals surface area (Å²) in [4.78, 5) is 12.7. The van der Waals surface area contributed by atoms with Gasteiger partial charge in [-0.3, -0.25) is 4.79 Å². The first-order chi connectivity index (χ1) is 8.16. The van der Waals surface area contributed by atoms with E-state index in [9.17, 15) is 9.90 Å². The van der Waals surface area contributed by atoms with E-state index in [0.29, 0.717) is 9.90 Å². The zero-order valence-corrected chi connectivity index (χ0v) is 10.5. The summed E-state index contributed by atoms with van der Waals surface area (Å²) in [5.74, 6) is -0.213. The van der Waals surface area contributed by atoms with Gasteiger partial charge in [-0.25, -0.2) is 0 Å². The third-order valence-electron chi connectivity index (χ3n) is 2.40. The average molecular weight is 267 g/mol. The number of aliphatic hydroxyl groups excluding tert-OH is 1. The lowest BCUT2D eigenvalue weighted by Crippen LogP contribution is -2.13. The Balaban J connectivity index is 2.06. The molecule has 0 bridgehead atoms. The van der Waals surface area contributed by atoms with Crippen LogP contribution in [0.25, 0.3) is 0 Å². The first-order valence-corrected chi connectivity index (χ1v) is 6.36. The molecule has 4 heteroatoms. The van der Waals surface area contributed by atoms with Gasteiger partial charge in [0.1, 0.15) is 6.10 Å². The van der Waals surface area contributed by atoms with Crippen LogP contribution < -0.4 is 0 Å². The van der Waals surface area contributed by atoms with Gasteiger partial charge in [-0.2, -0.15) is 0 Å². The van der Waals surface area contributed by atoms with E-state index in [2.05, 4.69) is 0 Å². The van der Waals surface area contributed by atoms with E-state index in [1.54, 1.807) is 30.3 Å². The fraction of sp³-hybridized carbons (Fsp3) is 0.154. The molecule has 2 rings (SSSR count). The molecule has 0 spiro atoms. The standard InChI is InChI=1S/C13H11ClO2S/c14-12-7-6-10(17-12)8-11(15)13(16)9-4-2-1-3-5-9/h1-7,13,16H,8H2. The van der Waals surface area contributed by atoms with E-state index in [-0.39, 0.29) is 12.2 Å². The van der Waals surface area contributed by atoms with Crippen LogP contribution in [0.5, 0.6) is 0 Å². The highest BCUT2D eigenvalue weighted by Crippen LogP contribution is 2.24. The predicted octanol–water partition coefficient (Wildman–Crippen LogP) is 3.25. The summed E-state index contributed by atoms with van der Waals surface area (Å²) in [5.41, 5.74) is 0.625. The Labute approximate surface area is 108 Å². The summed E-state index contributed by atoms with van der Waals surface area (Å²) in [6.45, 7) is 0. The Hall–Kier alpha value is -1.16. The number of halogens is 1. The molecule has 2 nitrogen and oxygen atoms in total. The molecule has 1 N–H and O–H groups in total. The van der Waals surface area contributed by atoms with Crippen LogP contribution >= 0.6 is 22.9 Å². The van der Waals surface area contributed by atoms with Gasteiger partial charge in [-0.1, -0.05) is 41.9 Å². The van der Waals surface area contributed by atoms with Crippen molar-refractivity contribution in [1.29, 1.82) is 0 Å². The molecule has 0 aliphatic rings. The Morgan fingerprint density at radius 3 is 2.53 bits per heavy atom. The van der Waals surface area contributed by atoms with Crippen LogP contribution in [0.2, 0.25) is 4.34 Å². The minimum atomic E-state index is -1.06. The first-order valence-electron chi connectivity index (χ1n) is 5.17. The van der Waals surface area contributed by atoms with Crippen LogP contribution in [-0.4, -0.2) is 10.9 Å². The van der Waals surface area contributed by atoms with Crippen molar-refractivity contribution in [1.82, 2.24) is 0 Å². The van der Waals surface area contributed by atoms with Crippen LogP contribution in [0.15, 0.2) is 42.5 Å². The molecule has 1 aromatic heterocycles. The molecule has 1 unspecified atom stereocenters. The normalized spacial score (nSPS) is 12.4. The van der Waals surface area contributed by atoms with Gasteiger partial charge < -0.3 is 5.11 Å². The highest BCUT2D eigenvalue weighted by molar-refractivity contribution is 7.16. The lowest BCUT2D eigenvalue weighted by molar-refractivity contribution is -0.126. The van der Waals surface area contributed by atoms with E-state index in [1.807, 2.05) is 12.1 Å². The SMILES string of the molecule is O=C(Cc1ccc(Cl)s1)C(O)c1ccccc1. The highest BCUT2D eigenvalue weighted by Gasteiger charge is 2.17. The lowest BCUT2D eigenvalue weighted by Gasteiger charge is -2.08. The number of rotatable bonds is 4. The molecule has 0 saturated heterocycles. The van der Waals surface area contributed by atoms with Gasteiger partial charge >= 0.3 is 0 Å². The third-order valence-corrected chi connectivity index (χ3v) is 3.63. The van der Waals surface area contributed by atoms with E-state index in [1.165, 1.54) is 11.3 Å². The summed E-state index contributed by atoms with van der Waals surface area (Å²) in [7, 11) is 0. The smallest absolute Gasteiger partial charge is 0.170 e. The second kappa shape index (κ2) is 5.45. The van der Waals surface area contributed by atoms with Gasteiger partial charge in [0.15, 0.2) is 5.78 Å². The van der Waals surface area contributed by atoms with Crippen molar-refractivity contribution in [2.45, 2.75) is 12.5 Å². The summed E-state index contributed by atoms with van der Waals surface area (Å²) in [6.07, 6.45) is -0.843. The lowest BCUT2D eigenvalue weighted by atomic mass is 10.0. The van der Waals surface area contributed by atoms with Gasteiger partial charge in [0.05, 0.1) is 4.34 Å². The molecule has 0 fully saturated rings. The van der Waals surface area contributed by atoms with Gasteiger partial charge in [-0.15, -0.1) is 11.3 Å². The molecule has 1 aromatic carbocycles. The molecule has 0 saturated carbocycles. The van der Waals surface area contributed by atoms with Crippen LogP contribution in [0, 0.1) is 0 Å². The van der Waals surface area contributed by atoms with Crippen molar-refractivity contribution in [2.75, 3.05) is 0 Å². The summed E-state index contributed by atoms with van der Waals surface area (Å²) < 4.78 is 0.655. The van der Waals surface area contributed by atoms with Crippen molar-refractivity contribution in [3.05, 3.63) is 57.2 Å². The predicted molar refractivity (Wildman–Crippen MR) is 69.4 cm³/mol. The molecular weight excluding hydrogens is 256 g/mol. The quantitative estimate of drug-likeness (QED) is 0.922. The maximum Gasteiger partial charge on any atom is 0.170 e. The van der Waals surface area contributed by atoms with E-state index in [4.69, 9.17) is 11.6 Å². The molecule has 0 aliphatic heterocycles. The average Bonchev–Trinajstić information content (AvgIpc) is 2.75. The largest absolute Gasteiger partial charge is 0.381 e. The number of hydrogen-bond donors (Lipinski definition) is 1. The number of carbonyl (C=O) groups is 1. The number of Topliss-reactive ketones (excluding diaryl/α,β-unsaturated/α-hetero) is 1. The van der Waals surface area contributed by atoms with Crippen molar-refractivity contribution in [3.63, 3.8) is 0 Å². The van der Waals surface area contributed by atoms with Crippen LogP contribution in [0.3, 0.4) is 0 Å². The van der Waals surface area contributed by atoms with Crippen LogP contribution in [0.4, 0.5) is 0 Å². The van der Waals surface area contributed by atoms with Gasteiger partial charge in [0.25, 0.3) is 0 Å². The zero-order valence-electron chi connectivity index (χ0n) is 8.97. The van der Waals surface area contributed by atoms with Gasteiger partial charge in [0.2, 0.25) is 0 Å². The van der Waals surface area contributed by atoms with E-state index >= 15 is 0 Å². The second-order valence-electron chi connectivity index (χ2n) is 3.66. The highest BCUT2D eigenvalue weighted by atomic mass is 35.5. The fourth-order valence-corrected chi connectivity index (χ4v) is 2.63. The molecule has 88 valence electrons. The monoisotopic (exact) mass is 266 g/mol. The minimum Gasteiger partial charge on any atom is -0.381 e. The first kappa shape index (κ1) is 12.3. The van der Waals surface area contributed by atoms with Crippen molar-refractivity contribution in [3.8, 4) is 0 Å². The molecule has 0 amide bonds. The number of ketones is 1. The number of carbonyl (C=O) groups excluding carboxylic acids is 1. The molecule has 2 aromatic rings.